The largest absolute Gasteiger partial charge is 0.481 e. The Kier molecular flexibility index (Phi) is 4.81. The summed E-state index contributed by atoms with van der Waals surface area (Å²) in [6.45, 7) is -0.0858. The van der Waals surface area contributed by atoms with Crippen molar-refractivity contribution in [2.75, 3.05) is 11.4 Å². The summed E-state index contributed by atoms with van der Waals surface area (Å²) in [6, 6.07) is 6.02. The van der Waals surface area contributed by atoms with Gasteiger partial charge in [0, 0.05) is 12.0 Å². The van der Waals surface area contributed by atoms with Gasteiger partial charge in [0.05, 0.1) is 30.0 Å². The zero-order valence-corrected chi connectivity index (χ0v) is 15.7. The molecule has 152 valence electrons. The number of hydrogen-bond acceptors (Lipinski definition) is 5. The van der Waals surface area contributed by atoms with Crippen LogP contribution >= 0.6 is 0 Å². The molecule has 0 spiro atoms. The smallest absolute Gasteiger partial charge is 0.308 e. The molecule has 0 bridgehead atoms. The number of nitrogens with one attached hydrogen (secondary N) is 1. The van der Waals surface area contributed by atoms with Crippen molar-refractivity contribution < 1.29 is 29.1 Å². The fourth-order valence-electron chi connectivity index (χ4n) is 4.35. The van der Waals surface area contributed by atoms with Crippen molar-refractivity contribution in [3.63, 3.8) is 0 Å². The lowest BCUT2D eigenvalue weighted by atomic mass is 9.81. The van der Waals surface area contributed by atoms with Crippen molar-refractivity contribution in [3.8, 4) is 0 Å². The summed E-state index contributed by atoms with van der Waals surface area (Å²) in [5, 5.41) is 10.0. The fourth-order valence-corrected chi connectivity index (χ4v) is 4.35. The molecule has 2 heterocycles. The van der Waals surface area contributed by atoms with Gasteiger partial charge in [-0.25, -0.2) is 0 Å². The number of fused-ring (bicyclic) bond motifs is 1. The Morgan fingerprint density at radius 1 is 0.966 bits per heavy atom. The van der Waals surface area contributed by atoms with Crippen molar-refractivity contribution in [1.29, 1.82) is 0 Å². The van der Waals surface area contributed by atoms with Gasteiger partial charge in [0.15, 0.2) is 0 Å². The predicted molar refractivity (Wildman–Crippen MR) is 99.3 cm³/mol. The fraction of sp³-hybridized carbons (Fsp3) is 0.450. The number of imide groups is 1. The van der Waals surface area contributed by atoms with Crippen LogP contribution in [0.3, 0.4) is 0 Å². The van der Waals surface area contributed by atoms with E-state index in [9.17, 15) is 24.0 Å². The molecule has 1 aromatic rings. The highest BCUT2D eigenvalue weighted by molar-refractivity contribution is 6.22. The van der Waals surface area contributed by atoms with Crippen molar-refractivity contribution in [1.82, 2.24) is 10.4 Å². The van der Waals surface area contributed by atoms with Crippen LogP contribution in [0.4, 0.5) is 5.69 Å². The molecule has 3 aliphatic rings. The normalized spacial score (nSPS) is 26.6. The third-order valence-electron chi connectivity index (χ3n) is 5.94. The van der Waals surface area contributed by atoms with Crippen LogP contribution in [0.1, 0.15) is 42.5 Å². The third kappa shape index (κ3) is 3.37. The predicted octanol–water partition coefficient (Wildman–Crippen LogP) is 0.944. The molecule has 0 aromatic heterocycles. The van der Waals surface area contributed by atoms with Crippen molar-refractivity contribution in [2.24, 2.45) is 17.8 Å². The second kappa shape index (κ2) is 7.31. The van der Waals surface area contributed by atoms with Gasteiger partial charge in [-0.05, 0) is 37.1 Å². The minimum atomic E-state index is -1.08. The van der Waals surface area contributed by atoms with E-state index in [0.717, 1.165) is 30.7 Å². The van der Waals surface area contributed by atoms with Gasteiger partial charge >= 0.3 is 5.97 Å². The number of nitrogens with zero attached hydrogens (tertiary/aromatic N) is 2. The van der Waals surface area contributed by atoms with Crippen LogP contribution in [0.25, 0.3) is 0 Å². The van der Waals surface area contributed by atoms with E-state index in [4.69, 9.17) is 5.11 Å². The van der Waals surface area contributed by atoms with Crippen LogP contribution in [0, 0.1) is 17.8 Å². The van der Waals surface area contributed by atoms with Crippen LogP contribution in [-0.4, -0.2) is 46.3 Å². The van der Waals surface area contributed by atoms with Crippen LogP contribution in [0.15, 0.2) is 24.3 Å². The first kappa shape index (κ1) is 19.1. The SMILES string of the molecule is O=C(NN1CC(C(=O)O)CC1=O)c1ccc(N2C(=O)C3CCCCC3C2=O)cc1. The molecule has 3 atom stereocenters. The highest BCUT2D eigenvalue weighted by Gasteiger charge is 2.48. The number of hydrogen-bond donors (Lipinski definition) is 2. The number of hydrazine groups is 1. The molecule has 0 radical (unpaired) electrons. The van der Waals surface area contributed by atoms with Gasteiger partial charge in [-0.15, -0.1) is 0 Å². The van der Waals surface area contributed by atoms with E-state index < -0.39 is 23.7 Å². The maximum Gasteiger partial charge on any atom is 0.308 e. The molecule has 1 saturated carbocycles. The standard InChI is InChI=1S/C20H21N3O6/c24-16-9-12(20(28)29)10-22(16)21-17(25)11-5-7-13(8-6-11)23-18(26)14-3-1-2-4-15(14)19(23)27/h5-8,12,14-15H,1-4,9-10H2,(H,21,25)(H,28,29). The highest BCUT2D eigenvalue weighted by atomic mass is 16.4. The van der Waals surface area contributed by atoms with E-state index in [2.05, 4.69) is 5.43 Å². The first-order valence-electron chi connectivity index (χ1n) is 9.69. The Morgan fingerprint density at radius 2 is 1.55 bits per heavy atom. The molecule has 3 fully saturated rings. The maximum absolute atomic E-state index is 12.7. The average molecular weight is 399 g/mol. The van der Waals surface area contributed by atoms with Gasteiger partial charge in [-0.2, -0.15) is 0 Å². The van der Waals surface area contributed by atoms with Crippen LogP contribution in [-0.2, 0) is 19.2 Å². The molecular weight excluding hydrogens is 378 g/mol. The quantitative estimate of drug-likeness (QED) is 0.727. The molecule has 2 N–H and O–H groups in total. The molecule has 2 aliphatic heterocycles. The molecule has 4 amide bonds. The summed E-state index contributed by atoms with van der Waals surface area (Å²) >= 11 is 0. The molecule has 9 nitrogen and oxygen atoms in total. The van der Waals surface area contributed by atoms with Crippen molar-refractivity contribution in [2.45, 2.75) is 32.1 Å². The Balaban J connectivity index is 1.45. The first-order chi connectivity index (χ1) is 13.9. The lowest BCUT2D eigenvalue weighted by molar-refractivity contribution is -0.141. The van der Waals surface area contributed by atoms with Crippen LogP contribution < -0.4 is 10.3 Å². The Labute approximate surface area is 166 Å². The molecule has 1 aromatic carbocycles. The average Bonchev–Trinajstić information content (AvgIpc) is 3.20. The van der Waals surface area contributed by atoms with Gasteiger partial charge in [0.25, 0.3) is 5.91 Å². The monoisotopic (exact) mass is 399 g/mol. The summed E-state index contributed by atoms with van der Waals surface area (Å²) in [7, 11) is 0. The van der Waals surface area contributed by atoms with Gasteiger partial charge in [-0.1, -0.05) is 12.8 Å². The van der Waals surface area contributed by atoms with Gasteiger partial charge < -0.3 is 5.11 Å². The number of aliphatic carboxylic acids is 1. The van der Waals surface area contributed by atoms with Gasteiger partial charge in [0.1, 0.15) is 0 Å². The number of amides is 4. The molecule has 2 saturated heterocycles. The van der Waals surface area contributed by atoms with E-state index >= 15 is 0 Å². The topological polar surface area (TPSA) is 124 Å². The number of anilines is 1. The van der Waals surface area contributed by atoms with E-state index in [1.165, 1.54) is 29.2 Å². The maximum atomic E-state index is 12.7. The zero-order valence-electron chi connectivity index (χ0n) is 15.7. The Hall–Kier alpha value is -3.23. The number of carboxylic acids is 1. The number of benzene rings is 1. The summed E-state index contributed by atoms with van der Waals surface area (Å²) in [5.41, 5.74) is 3.07. The summed E-state index contributed by atoms with van der Waals surface area (Å²) in [6.07, 6.45) is 3.20. The summed E-state index contributed by atoms with van der Waals surface area (Å²) in [4.78, 5) is 61.8. The second-order valence-corrected chi connectivity index (χ2v) is 7.74. The van der Waals surface area contributed by atoms with E-state index in [-0.39, 0.29) is 42.2 Å². The Morgan fingerprint density at radius 3 is 2.07 bits per heavy atom. The zero-order chi connectivity index (χ0) is 20.7. The molecule has 1 aliphatic carbocycles. The lowest BCUT2D eigenvalue weighted by Gasteiger charge is -2.19. The van der Waals surface area contributed by atoms with E-state index in [1.807, 2.05) is 0 Å². The van der Waals surface area contributed by atoms with Crippen LogP contribution in [0.5, 0.6) is 0 Å². The van der Waals surface area contributed by atoms with Crippen molar-refractivity contribution in [3.05, 3.63) is 29.8 Å². The minimum absolute atomic E-state index is 0.0858. The highest BCUT2D eigenvalue weighted by Crippen LogP contribution is 2.40. The van der Waals surface area contributed by atoms with E-state index in [0.29, 0.717) is 5.69 Å². The Bertz CT molecular complexity index is 872. The number of carbonyl (C=O) groups is 5. The number of rotatable bonds is 4. The molecule has 29 heavy (non-hydrogen) atoms. The summed E-state index contributed by atoms with van der Waals surface area (Å²) in [5.74, 6) is -3.81. The molecular formula is C20H21N3O6. The summed E-state index contributed by atoms with van der Waals surface area (Å²) < 4.78 is 0. The molecule has 4 rings (SSSR count). The van der Waals surface area contributed by atoms with E-state index in [1.54, 1.807) is 0 Å². The van der Waals surface area contributed by atoms with Gasteiger partial charge in [0.2, 0.25) is 17.7 Å². The second-order valence-electron chi connectivity index (χ2n) is 7.74. The lowest BCUT2D eigenvalue weighted by Crippen LogP contribution is -2.43. The molecule has 9 heteroatoms. The third-order valence-corrected chi connectivity index (χ3v) is 5.94. The number of carboxylic acid groups (broad SMARTS) is 1. The van der Waals surface area contributed by atoms with Crippen molar-refractivity contribution >= 4 is 35.3 Å². The molecule has 3 unspecified atom stereocenters. The number of carbonyl (C=O) groups excluding carboxylic acids is 4. The first-order valence-corrected chi connectivity index (χ1v) is 9.69. The minimum Gasteiger partial charge on any atom is -0.481 e. The van der Waals surface area contributed by atoms with Gasteiger partial charge in [-0.3, -0.25) is 39.3 Å². The van der Waals surface area contributed by atoms with Crippen LogP contribution in [0.2, 0.25) is 0 Å².